The number of rotatable bonds is 7. The Hall–Kier alpha value is -3.92. The standard InChI is InChI=1S/C23H20N2O7S/c1-14-18(23(28)31-2)11-22(32-14)33(29,30)25-13-17(6-8-21(26)27)19-10-15(5-7-20(19)25)16-4-3-9-24-12-16/h3-5,7,9-13H,6,8H2,1-2H3,(H,26,27). The molecule has 3 heterocycles. The maximum Gasteiger partial charge on any atom is 0.341 e. The van der Waals surface area contributed by atoms with Gasteiger partial charge in [-0.25, -0.2) is 8.77 Å². The molecule has 0 bridgehead atoms. The number of aryl methyl sites for hydroxylation is 2. The third kappa shape index (κ3) is 4.12. The van der Waals surface area contributed by atoms with Gasteiger partial charge in [-0.15, -0.1) is 0 Å². The van der Waals surface area contributed by atoms with Crippen LogP contribution in [0.1, 0.15) is 28.1 Å². The first-order valence-electron chi connectivity index (χ1n) is 9.93. The number of carboxylic acids is 1. The van der Waals surface area contributed by atoms with Crippen LogP contribution in [-0.2, 0) is 26.0 Å². The number of aromatic nitrogens is 2. The Labute approximate surface area is 189 Å². The van der Waals surface area contributed by atoms with E-state index in [0.717, 1.165) is 21.2 Å². The van der Waals surface area contributed by atoms with Gasteiger partial charge in [0.15, 0.2) is 0 Å². The molecular weight excluding hydrogens is 448 g/mol. The number of ether oxygens (including phenoxy) is 1. The molecule has 4 rings (SSSR count). The number of fused-ring (bicyclic) bond motifs is 1. The smallest absolute Gasteiger partial charge is 0.341 e. The first-order valence-corrected chi connectivity index (χ1v) is 11.4. The highest BCUT2D eigenvalue weighted by molar-refractivity contribution is 7.90. The van der Waals surface area contributed by atoms with Gasteiger partial charge in [-0.2, -0.15) is 8.42 Å². The van der Waals surface area contributed by atoms with E-state index in [2.05, 4.69) is 9.72 Å². The van der Waals surface area contributed by atoms with E-state index in [4.69, 9.17) is 9.52 Å². The number of hydrogen-bond donors (Lipinski definition) is 1. The summed E-state index contributed by atoms with van der Waals surface area (Å²) in [6.45, 7) is 1.47. The molecule has 0 saturated heterocycles. The number of furan rings is 1. The second-order valence-corrected chi connectivity index (χ2v) is 9.10. The lowest BCUT2D eigenvalue weighted by atomic mass is 10.0. The lowest BCUT2D eigenvalue weighted by Gasteiger charge is -2.06. The van der Waals surface area contributed by atoms with Gasteiger partial charge in [0, 0.05) is 42.0 Å². The van der Waals surface area contributed by atoms with Crippen molar-refractivity contribution in [3.8, 4) is 11.1 Å². The summed E-state index contributed by atoms with van der Waals surface area (Å²) >= 11 is 0. The molecule has 0 spiro atoms. The van der Waals surface area contributed by atoms with Crippen LogP contribution in [-0.4, -0.2) is 41.5 Å². The van der Waals surface area contributed by atoms with Crippen molar-refractivity contribution in [2.75, 3.05) is 7.11 Å². The van der Waals surface area contributed by atoms with Gasteiger partial charge in [-0.1, -0.05) is 12.1 Å². The largest absolute Gasteiger partial charge is 0.481 e. The lowest BCUT2D eigenvalue weighted by molar-refractivity contribution is -0.136. The van der Waals surface area contributed by atoms with E-state index in [9.17, 15) is 18.0 Å². The number of benzene rings is 1. The Morgan fingerprint density at radius 1 is 1.18 bits per heavy atom. The van der Waals surface area contributed by atoms with E-state index in [1.54, 1.807) is 30.6 Å². The van der Waals surface area contributed by atoms with Crippen molar-refractivity contribution in [3.63, 3.8) is 0 Å². The van der Waals surface area contributed by atoms with Crippen LogP contribution in [0.25, 0.3) is 22.0 Å². The van der Waals surface area contributed by atoms with Crippen molar-refractivity contribution in [2.45, 2.75) is 24.9 Å². The second kappa shape index (κ2) is 8.55. The summed E-state index contributed by atoms with van der Waals surface area (Å²) in [7, 11) is -3.03. The third-order valence-electron chi connectivity index (χ3n) is 5.27. The van der Waals surface area contributed by atoms with Gasteiger partial charge >= 0.3 is 22.0 Å². The van der Waals surface area contributed by atoms with E-state index in [1.165, 1.54) is 20.2 Å². The van der Waals surface area contributed by atoms with Crippen LogP contribution in [0.15, 0.2) is 64.5 Å². The summed E-state index contributed by atoms with van der Waals surface area (Å²) in [5, 5.41) is 9.32. The summed E-state index contributed by atoms with van der Waals surface area (Å²) < 4.78 is 38.0. The number of carbonyl (C=O) groups excluding carboxylic acids is 1. The number of hydrogen-bond acceptors (Lipinski definition) is 7. The van der Waals surface area contributed by atoms with E-state index < -0.39 is 27.1 Å². The molecule has 0 aliphatic carbocycles. The van der Waals surface area contributed by atoms with Crippen molar-refractivity contribution in [1.29, 1.82) is 0 Å². The first-order chi connectivity index (χ1) is 15.7. The minimum absolute atomic E-state index is 0.0116. The molecule has 0 unspecified atom stereocenters. The average molecular weight is 468 g/mol. The molecule has 0 saturated carbocycles. The predicted octanol–water partition coefficient (Wildman–Crippen LogP) is 3.65. The Kier molecular flexibility index (Phi) is 5.77. The van der Waals surface area contributed by atoms with Crippen LogP contribution in [0.4, 0.5) is 0 Å². The van der Waals surface area contributed by atoms with Crippen LogP contribution in [0.3, 0.4) is 0 Å². The van der Waals surface area contributed by atoms with Crippen LogP contribution in [0, 0.1) is 6.92 Å². The number of esters is 1. The van der Waals surface area contributed by atoms with Crippen molar-refractivity contribution in [3.05, 3.63) is 71.9 Å². The van der Waals surface area contributed by atoms with Crippen molar-refractivity contribution in [2.24, 2.45) is 0 Å². The van der Waals surface area contributed by atoms with Gasteiger partial charge in [0.25, 0.3) is 0 Å². The number of methoxy groups -OCH3 is 1. The monoisotopic (exact) mass is 468 g/mol. The molecule has 1 N–H and O–H groups in total. The van der Waals surface area contributed by atoms with E-state index >= 15 is 0 Å². The summed E-state index contributed by atoms with van der Waals surface area (Å²) in [6, 6.07) is 10.0. The highest BCUT2D eigenvalue weighted by atomic mass is 32.2. The molecule has 0 aliphatic rings. The normalized spacial score (nSPS) is 11.6. The van der Waals surface area contributed by atoms with Gasteiger partial charge in [-0.3, -0.25) is 9.78 Å². The summed E-state index contributed by atoms with van der Waals surface area (Å²) in [6.07, 6.45) is 4.70. The maximum absolute atomic E-state index is 13.4. The summed E-state index contributed by atoms with van der Waals surface area (Å²) in [5.74, 6) is -1.59. The fourth-order valence-corrected chi connectivity index (χ4v) is 4.99. The molecule has 0 amide bonds. The molecule has 0 aliphatic heterocycles. The highest BCUT2D eigenvalue weighted by Gasteiger charge is 2.28. The molecule has 33 heavy (non-hydrogen) atoms. The van der Waals surface area contributed by atoms with Crippen LogP contribution >= 0.6 is 0 Å². The van der Waals surface area contributed by atoms with Gasteiger partial charge in [0.2, 0.25) is 5.09 Å². The number of carbonyl (C=O) groups is 2. The van der Waals surface area contributed by atoms with Crippen molar-refractivity contribution < 1.29 is 32.3 Å². The van der Waals surface area contributed by atoms with E-state index in [0.29, 0.717) is 16.5 Å². The minimum atomic E-state index is -4.22. The third-order valence-corrected chi connectivity index (χ3v) is 6.80. The predicted molar refractivity (Wildman–Crippen MR) is 118 cm³/mol. The maximum atomic E-state index is 13.4. The number of aliphatic carboxylic acids is 1. The van der Waals surface area contributed by atoms with Gasteiger partial charge in [0.05, 0.1) is 12.6 Å². The number of carboxylic acid groups (broad SMARTS) is 1. The zero-order chi connectivity index (χ0) is 23.8. The van der Waals surface area contributed by atoms with Crippen LogP contribution in [0.5, 0.6) is 0 Å². The fourth-order valence-electron chi connectivity index (χ4n) is 3.61. The van der Waals surface area contributed by atoms with Crippen LogP contribution in [0.2, 0.25) is 0 Å². The molecule has 4 aromatic rings. The van der Waals surface area contributed by atoms with E-state index in [-0.39, 0.29) is 24.2 Å². The first kappa shape index (κ1) is 22.3. The molecule has 0 radical (unpaired) electrons. The molecule has 0 fully saturated rings. The number of nitrogens with zero attached hydrogens (tertiary/aromatic N) is 2. The van der Waals surface area contributed by atoms with Gasteiger partial charge in [-0.05, 0) is 42.7 Å². The quantitative estimate of drug-likeness (QED) is 0.407. The Morgan fingerprint density at radius 3 is 2.64 bits per heavy atom. The minimum Gasteiger partial charge on any atom is -0.481 e. The van der Waals surface area contributed by atoms with E-state index in [1.807, 2.05) is 12.1 Å². The van der Waals surface area contributed by atoms with Crippen molar-refractivity contribution in [1.82, 2.24) is 8.96 Å². The fraction of sp³-hybridized carbons (Fsp3) is 0.174. The Balaban J connectivity index is 1.88. The molecular formula is C23H20N2O7S. The molecule has 0 atom stereocenters. The number of pyridine rings is 1. The van der Waals surface area contributed by atoms with Gasteiger partial charge < -0.3 is 14.3 Å². The zero-order valence-electron chi connectivity index (χ0n) is 17.8. The topological polar surface area (TPSA) is 129 Å². The molecule has 170 valence electrons. The SMILES string of the molecule is COC(=O)c1cc(S(=O)(=O)n2cc(CCC(=O)O)c3cc(-c4cccnc4)ccc32)oc1C. The van der Waals surface area contributed by atoms with Crippen LogP contribution < -0.4 is 0 Å². The molecule has 3 aromatic heterocycles. The molecule has 10 heteroatoms. The molecule has 9 nitrogen and oxygen atoms in total. The van der Waals surface area contributed by atoms with Crippen molar-refractivity contribution >= 4 is 32.9 Å². The second-order valence-electron chi connectivity index (χ2n) is 7.35. The Bertz CT molecular complexity index is 1470. The Morgan fingerprint density at radius 2 is 1.97 bits per heavy atom. The average Bonchev–Trinajstić information content (AvgIpc) is 3.39. The highest BCUT2D eigenvalue weighted by Crippen LogP contribution is 2.32. The summed E-state index contributed by atoms with van der Waals surface area (Å²) in [4.78, 5) is 27.2. The zero-order valence-corrected chi connectivity index (χ0v) is 18.6. The lowest BCUT2D eigenvalue weighted by Crippen LogP contribution is -2.11. The molecule has 1 aromatic carbocycles. The summed E-state index contributed by atoms with van der Waals surface area (Å²) in [5.41, 5.74) is 2.57. The van der Waals surface area contributed by atoms with Gasteiger partial charge in [0.1, 0.15) is 11.3 Å².